The number of aryl methyl sites for hydroxylation is 2. The van der Waals surface area contributed by atoms with Crippen LogP contribution in [-0.2, 0) is 10.9 Å². The van der Waals surface area contributed by atoms with Crippen molar-refractivity contribution >= 4 is 29.2 Å². The van der Waals surface area contributed by atoms with Crippen molar-refractivity contribution in [2.24, 2.45) is 0 Å². The lowest BCUT2D eigenvalue weighted by Crippen LogP contribution is -2.08. The van der Waals surface area contributed by atoms with Gasteiger partial charge in [0, 0.05) is 16.5 Å². The lowest BCUT2D eigenvalue weighted by molar-refractivity contribution is -0.152. The number of methoxy groups -OCH3 is 2. The van der Waals surface area contributed by atoms with Crippen molar-refractivity contribution in [1.82, 2.24) is 0 Å². The number of carbonyl (C=O) groups is 1. The molecule has 1 aromatic carbocycles. The molecule has 2 aromatic heterocycles. The summed E-state index contributed by atoms with van der Waals surface area (Å²) in [5.41, 5.74) is 0.0184. The van der Waals surface area contributed by atoms with Crippen LogP contribution in [0.15, 0.2) is 27.0 Å². The minimum atomic E-state index is -4.83. The normalized spacial score (nSPS) is 11.7. The van der Waals surface area contributed by atoms with E-state index >= 15 is 0 Å². The first-order chi connectivity index (χ1) is 13.1. The first-order valence-corrected chi connectivity index (χ1v) is 8.41. The summed E-state index contributed by atoms with van der Waals surface area (Å²) in [6, 6.07) is 4.30. The van der Waals surface area contributed by atoms with E-state index in [-0.39, 0.29) is 32.7 Å². The molecule has 0 aliphatic heterocycles. The molecule has 148 valence electrons. The molecule has 0 radical (unpaired) electrons. The highest BCUT2D eigenvalue weighted by Crippen LogP contribution is 2.43. The van der Waals surface area contributed by atoms with Crippen molar-refractivity contribution in [3.05, 3.63) is 45.6 Å². The number of hydrogen-bond donors (Lipinski definition) is 0. The van der Waals surface area contributed by atoms with E-state index in [9.17, 15) is 18.0 Å². The maximum atomic E-state index is 13.8. The van der Waals surface area contributed by atoms with E-state index in [1.807, 2.05) is 0 Å². The Balaban J connectivity index is 2.43. The van der Waals surface area contributed by atoms with Gasteiger partial charge in [-0.25, -0.2) is 4.79 Å². The van der Waals surface area contributed by atoms with Crippen LogP contribution in [0.2, 0.25) is 0 Å². The second kappa shape index (κ2) is 6.97. The topological polar surface area (TPSA) is 61.8 Å². The molecule has 5 nitrogen and oxygen atoms in total. The number of benzene rings is 1. The number of carbonyl (C=O) groups excluding carboxylic acids is 1. The predicted molar refractivity (Wildman–Crippen MR) is 97.1 cm³/mol. The van der Waals surface area contributed by atoms with Gasteiger partial charge >= 0.3 is 12.1 Å². The molecule has 3 aromatic rings. The zero-order chi connectivity index (χ0) is 20.8. The van der Waals surface area contributed by atoms with Crippen LogP contribution in [0.25, 0.3) is 22.1 Å². The SMILES string of the molecule is COC(=O)c1cc(-c2c(C(F)(F)F)oc3c(C)c(OC)ccc3c2=S)c(C)o1. The lowest BCUT2D eigenvalue weighted by atomic mass is 10.0. The molecule has 3 rings (SSSR count). The Morgan fingerprint density at radius 3 is 2.39 bits per heavy atom. The van der Waals surface area contributed by atoms with E-state index in [1.165, 1.54) is 26.2 Å². The summed E-state index contributed by atoms with van der Waals surface area (Å²) < 4.78 is 61.7. The van der Waals surface area contributed by atoms with Gasteiger partial charge in [-0.1, -0.05) is 12.2 Å². The molecule has 0 N–H and O–H groups in total. The van der Waals surface area contributed by atoms with E-state index in [4.69, 9.17) is 25.8 Å². The Kier molecular flexibility index (Phi) is 4.97. The molecule has 0 amide bonds. The van der Waals surface area contributed by atoms with Gasteiger partial charge in [0.2, 0.25) is 11.5 Å². The number of hydrogen-bond acceptors (Lipinski definition) is 6. The van der Waals surface area contributed by atoms with Crippen molar-refractivity contribution in [3.63, 3.8) is 0 Å². The minimum absolute atomic E-state index is 0.0110. The molecule has 0 aliphatic carbocycles. The largest absolute Gasteiger partial charge is 0.496 e. The molecule has 9 heteroatoms. The van der Waals surface area contributed by atoms with Gasteiger partial charge in [0.25, 0.3) is 0 Å². The number of esters is 1. The number of alkyl halides is 3. The van der Waals surface area contributed by atoms with Gasteiger partial charge in [-0.05, 0) is 32.0 Å². The van der Waals surface area contributed by atoms with Crippen molar-refractivity contribution in [1.29, 1.82) is 0 Å². The summed E-state index contributed by atoms with van der Waals surface area (Å²) in [5, 5.41) is 0.316. The van der Waals surface area contributed by atoms with Gasteiger partial charge in [-0.15, -0.1) is 0 Å². The van der Waals surface area contributed by atoms with Crippen molar-refractivity contribution in [3.8, 4) is 16.9 Å². The minimum Gasteiger partial charge on any atom is -0.496 e. The predicted octanol–water partition coefficient (Wildman–Crippen LogP) is 5.85. The molecule has 0 saturated heterocycles. The second-order valence-electron chi connectivity index (χ2n) is 5.97. The van der Waals surface area contributed by atoms with Crippen LogP contribution in [0.1, 0.15) is 27.6 Å². The third kappa shape index (κ3) is 3.15. The van der Waals surface area contributed by atoms with E-state index < -0.39 is 17.9 Å². The monoisotopic (exact) mass is 412 g/mol. The number of rotatable bonds is 3. The average Bonchev–Trinajstić information content (AvgIpc) is 3.02. The lowest BCUT2D eigenvalue weighted by Gasteiger charge is -2.15. The zero-order valence-electron chi connectivity index (χ0n) is 15.3. The molecule has 0 fully saturated rings. The fraction of sp³-hybridized carbons (Fsp3) is 0.263. The Morgan fingerprint density at radius 2 is 1.82 bits per heavy atom. The Bertz CT molecular complexity index is 1140. The number of ether oxygens (including phenoxy) is 2. The number of fused-ring (bicyclic) bond motifs is 1. The molecule has 0 aliphatic rings. The first-order valence-electron chi connectivity index (χ1n) is 8.00. The van der Waals surface area contributed by atoms with Crippen LogP contribution < -0.4 is 4.74 Å². The van der Waals surface area contributed by atoms with Crippen molar-refractivity contribution in [2.75, 3.05) is 14.2 Å². The molecule has 0 saturated carbocycles. The fourth-order valence-corrected chi connectivity index (χ4v) is 3.34. The molecule has 0 spiro atoms. The van der Waals surface area contributed by atoms with Crippen LogP contribution >= 0.6 is 12.2 Å². The van der Waals surface area contributed by atoms with Gasteiger partial charge in [0.05, 0.1) is 24.3 Å². The van der Waals surface area contributed by atoms with Crippen LogP contribution in [0.3, 0.4) is 0 Å². The summed E-state index contributed by atoms with van der Waals surface area (Å²) in [7, 11) is 2.55. The van der Waals surface area contributed by atoms with Crippen LogP contribution in [-0.4, -0.2) is 20.2 Å². The van der Waals surface area contributed by atoms with Crippen LogP contribution in [0.4, 0.5) is 13.2 Å². The van der Waals surface area contributed by atoms with Crippen molar-refractivity contribution in [2.45, 2.75) is 20.0 Å². The fourth-order valence-electron chi connectivity index (χ4n) is 2.97. The molecule has 2 heterocycles. The van der Waals surface area contributed by atoms with Gasteiger partial charge in [0.15, 0.2) is 0 Å². The van der Waals surface area contributed by atoms with E-state index in [0.29, 0.717) is 16.7 Å². The highest BCUT2D eigenvalue weighted by Gasteiger charge is 2.40. The zero-order valence-corrected chi connectivity index (χ0v) is 16.1. The third-order valence-electron chi connectivity index (χ3n) is 4.31. The standard InChI is InChI=1S/C19H15F3O5S/c1-8-12(24-3)6-5-10-15(8)27-17(19(20,21)22)14(16(10)28)11-7-13(18(23)25-4)26-9(11)2/h5-7H,1-4H3. The van der Waals surface area contributed by atoms with Gasteiger partial charge in [-0.2, -0.15) is 13.2 Å². The summed E-state index contributed by atoms with van der Waals surface area (Å²) >= 11 is 5.38. The quantitative estimate of drug-likeness (QED) is 0.397. The number of furan rings is 1. The summed E-state index contributed by atoms with van der Waals surface area (Å²) in [5.74, 6) is -1.87. The molecular weight excluding hydrogens is 397 g/mol. The molecular formula is C19H15F3O5S. The Hall–Kier alpha value is -2.81. The van der Waals surface area contributed by atoms with E-state index in [2.05, 4.69) is 4.74 Å². The molecule has 28 heavy (non-hydrogen) atoms. The first kappa shape index (κ1) is 19.9. The van der Waals surface area contributed by atoms with Crippen molar-refractivity contribution < 1.29 is 36.3 Å². The molecule has 0 unspecified atom stereocenters. The summed E-state index contributed by atoms with van der Waals surface area (Å²) in [6.45, 7) is 3.01. The van der Waals surface area contributed by atoms with Crippen LogP contribution in [0, 0.1) is 18.4 Å². The smallest absolute Gasteiger partial charge is 0.450 e. The highest BCUT2D eigenvalue weighted by molar-refractivity contribution is 7.71. The second-order valence-corrected chi connectivity index (χ2v) is 6.38. The maximum Gasteiger partial charge on any atom is 0.450 e. The third-order valence-corrected chi connectivity index (χ3v) is 4.73. The summed E-state index contributed by atoms with van der Waals surface area (Å²) in [4.78, 5) is 11.7. The number of halogens is 3. The Labute approximate surface area is 162 Å². The van der Waals surface area contributed by atoms with Gasteiger partial charge in [0.1, 0.15) is 17.1 Å². The Morgan fingerprint density at radius 1 is 1.14 bits per heavy atom. The van der Waals surface area contributed by atoms with Gasteiger partial charge < -0.3 is 18.3 Å². The van der Waals surface area contributed by atoms with E-state index in [1.54, 1.807) is 13.0 Å². The summed E-state index contributed by atoms with van der Waals surface area (Å²) in [6.07, 6.45) is -4.83. The maximum absolute atomic E-state index is 13.8. The van der Waals surface area contributed by atoms with E-state index in [0.717, 1.165) is 7.11 Å². The molecule has 0 bridgehead atoms. The van der Waals surface area contributed by atoms with Crippen LogP contribution in [0.5, 0.6) is 5.75 Å². The van der Waals surface area contributed by atoms with Gasteiger partial charge in [-0.3, -0.25) is 0 Å². The molecule has 0 atom stereocenters. The highest BCUT2D eigenvalue weighted by atomic mass is 32.1. The average molecular weight is 412 g/mol.